The van der Waals surface area contributed by atoms with E-state index in [9.17, 15) is 0 Å². The molecule has 0 radical (unpaired) electrons. The zero-order valence-corrected chi connectivity index (χ0v) is 11.0. The molecule has 5 atom stereocenters. The van der Waals surface area contributed by atoms with E-state index < -0.39 is 0 Å². The number of methoxy groups -OCH3 is 1. The smallest absolute Gasteiger partial charge is 0.0586 e. The van der Waals surface area contributed by atoms with E-state index >= 15 is 0 Å². The molecule has 2 saturated carbocycles. The van der Waals surface area contributed by atoms with Gasteiger partial charge in [-0.3, -0.25) is 0 Å². The Labute approximate surface area is 100 Å². The van der Waals surface area contributed by atoms with Crippen molar-refractivity contribution in [2.24, 2.45) is 11.8 Å². The van der Waals surface area contributed by atoms with Gasteiger partial charge >= 0.3 is 0 Å². The molecule has 2 nitrogen and oxygen atoms in total. The van der Waals surface area contributed by atoms with Gasteiger partial charge in [-0.15, -0.1) is 0 Å². The van der Waals surface area contributed by atoms with Crippen molar-refractivity contribution in [2.75, 3.05) is 7.11 Å². The Bertz CT molecular complexity index is 219. The van der Waals surface area contributed by atoms with Gasteiger partial charge in [0, 0.05) is 19.2 Å². The fraction of sp³-hybridized carbons (Fsp3) is 1.00. The molecule has 0 heterocycles. The van der Waals surface area contributed by atoms with Crippen LogP contribution in [0.1, 0.15) is 52.4 Å². The molecule has 2 aliphatic carbocycles. The molecule has 2 rings (SSSR count). The first-order valence-electron chi connectivity index (χ1n) is 6.98. The highest BCUT2D eigenvalue weighted by atomic mass is 16.5. The molecule has 0 spiro atoms. The Balaban J connectivity index is 1.74. The molecule has 0 amide bonds. The Morgan fingerprint density at radius 3 is 2.19 bits per heavy atom. The summed E-state index contributed by atoms with van der Waals surface area (Å²) in [6.07, 6.45) is 8.43. The third kappa shape index (κ3) is 2.98. The monoisotopic (exact) mass is 225 g/mol. The van der Waals surface area contributed by atoms with Gasteiger partial charge in [0.05, 0.1) is 6.10 Å². The lowest BCUT2D eigenvalue weighted by Gasteiger charge is -2.34. The van der Waals surface area contributed by atoms with Gasteiger partial charge in [0.1, 0.15) is 0 Å². The van der Waals surface area contributed by atoms with Crippen LogP contribution in [0.5, 0.6) is 0 Å². The highest BCUT2D eigenvalue weighted by Crippen LogP contribution is 2.31. The van der Waals surface area contributed by atoms with Crippen molar-refractivity contribution in [3.63, 3.8) is 0 Å². The first-order chi connectivity index (χ1) is 7.69. The van der Waals surface area contributed by atoms with Crippen LogP contribution < -0.4 is 5.32 Å². The van der Waals surface area contributed by atoms with Gasteiger partial charge in [-0.05, 0) is 50.4 Å². The minimum Gasteiger partial charge on any atom is -0.381 e. The molecule has 2 heteroatoms. The van der Waals surface area contributed by atoms with E-state index in [0.717, 1.165) is 23.9 Å². The average molecular weight is 225 g/mol. The topological polar surface area (TPSA) is 21.3 Å². The van der Waals surface area contributed by atoms with Gasteiger partial charge in [0.2, 0.25) is 0 Å². The summed E-state index contributed by atoms with van der Waals surface area (Å²) in [6, 6.07) is 1.49. The summed E-state index contributed by atoms with van der Waals surface area (Å²) >= 11 is 0. The molecular formula is C14H27NO. The highest BCUT2D eigenvalue weighted by Gasteiger charge is 2.29. The Morgan fingerprint density at radius 2 is 1.56 bits per heavy atom. The number of hydrogen-bond acceptors (Lipinski definition) is 2. The second kappa shape index (κ2) is 5.50. The lowest BCUT2D eigenvalue weighted by atomic mass is 9.79. The first kappa shape index (κ1) is 12.4. The fourth-order valence-corrected chi connectivity index (χ4v) is 3.34. The molecule has 0 aliphatic heterocycles. The van der Waals surface area contributed by atoms with E-state index in [2.05, 4.69) is 19.2 Å². The lowest BCUT2D eigenvalue weighted by Crippen LogP contribution is -2.41. The zero-order chi connectivity index (χ0) is 11.5. The number of rotatable bonds is 3. The van der Waals surface area contributed by atoms with Crippen LogP contribution in [0, 0.1) is 11.8 Å². The van der Waals surface area contributed by atoms with Gasteiger partial charge < -0.3 is 10.1 Å². The fourth-order valence-electron chi connectivity index (χ4n) is 3.34. The SMILES string of the molecule is COC1CCC(NC2CCC(C)C(C)C2)C1. The quantitative estimate of drug-likeness (QED) is 0.797. The van der Waals surface area contributed by atoms with Crippen molar-refractivity contribution in [1.82, 2.24) is 5.32 Å². The Kier molecular flexibility index (Phi) is 4.26. The maximum atomic E-state index is 5.43. The van der Waals surface area contributed by atoms with Crippen molar-refractivity contribution in [3.8, 4) is 0 Å². The Hall–Kier alpha value is -0.0800. The largest absolute Gasteiger partial charge is 0.381 e. The van der Waals surface area contributed by atoms with Crippen LogP contribution in [0.4, 0.5) is 0 Å². The van der Waals surface area contributed by atoms with E-state index in [1.54, 1.807) is 0 Å². The van der Waals surface area contributed by atoms with Crippen molar-refractivity contribution < 1.29 is 4.74 Å². The number of nitrogens with one attached hydrogen (secondary N) is 1. The first-order valence-corrected chi connectivity index (χ1v) is 6.98. The van der Waals surface area contributed by atoms with Crippen LogP contribution in [0.25, 0.3) is 0 Å². The van der Waals surface area contributed by atoms with E-state index in [0.29, 0.717) is 6.10 Å². The van der Waals surface area contributed by atoms with E-state index in [1.165, 1.54) is 38.5 Å². The standard InChI is InChI=1S/C14H27NO/c1-10-4-5-12(8-11(10)2)15-13-6-7-14(9-13)16-3/h10-15H,4-9H2,1-3H3. The Morgan fingerprint density at radius 1 is 0.875 bits per heavy atom. The van der Waals surface area contributed by atoms with Crippen molar-refractivity contribution >= 4 is 0 Å². The van der Waals surface area contributed by atoms with Crippen LogP contribution in [-0.4, -0.2) is 25.3 Å². The molecule has 0 bridgehead atoms. The van der Waals surface area contributed by atoms with Crippen molar-refractivity contribution in [1.29, 1.82) is 0 Å². The molecule has 94 valence electrons. The summed E-state index contributed by atoms with van der Waals surface area (Å²) in [4.78, 5) is 0. The molecule has 0 aromatic heterocycles. The summed E-state index contributed by atoms with van der Waals surface area (Å²) < 4.78 is 5.43. The minimum absolute atomic E-state index is 0.512. The molecule has 1 N–H and O–H groups in total. The maximum absolute atomic E-state index is 5.43. The van der Waals surface area contributed by atoms with E-state index in [-0.39, 0.29) is 0 Å². The molecule has 5 unspecified atom stereocenters. The van der Waals surface area contributed by atoms with Gasteiger partial charge in [0.15, 0.2) is 0 Å². The summed E-state index contributed by atoms with van der Waals surface area (Å²) in [5.41, 5.74) is 0. The van der Waals surface area contributed by atoms with Crippen LogP contribution in [-0.2, 0) is 4.74 Å². The summed E-state index contributed by atoms with van der Waals surface area (Å²) in [5.74, 6) is 1.82. The molecule has 16 heavy (non-hydrogen) atoms. The minimum atomic E-state index is 0.512. The van der Waals surface area contributed by atoms with Crippen LogP contribution >= 0.6 is 0 Å². The summed E-state index contributed by atoms with van der Waals surface area (Å²) in [7, 11) is 1.84. The third-order valence-electron chi connectivity index (χ3n) is 4.79. The van der Waals surface area contributed by atoms with E-state index in [1.807, 2.05) is 7.11 Å². The van der Waals surface area contributed by atoms with Crippen molar-refractivity contribution in [3.05, 3.63) is 0 Å². The molecule has 2 aliphatic rings. The van der Waals surface area contributed by atoms with Gasteiger partial charge in [-0.1, -0.05) is 13.8 Å². The van der Waals surface area contributed by atoms with Crippen LogP contribution in [0.15, 0.2) is 0 Å². The lowest BCUT2D eigenvalue weighted by molar-refractivity contribution is 0.105. The van der Waals surface area contributed by atoms with Crippen molar-refractivity contribution in [2.45, 2.75) is 70.6 Å². The van der Waals surface area contributed by atoms with Crippen LogP contribution in [0.3, 0.4) is 0 Å². The molecule has 0 aromatic carbocycles. The second-order valence-electron chi connectivity index (χ2n) is 6.00. The predicted molar refractivity (Wildman–Crippen MR) is 67.5 cm³/mol. The summed E-state index contributed by atoms with van der Waals surface area (Å²) in [6.45, 7) is 4.81. The van der Waals surface area contributed by atoms with Gasteiger partial charge in [-0.25, -0.2) is 0 Å². The molecule has 0 saturated heterocycles. The number of ether oxygens (including phenoxy) is 1. The average Bonchev–Trinajstić information content (AvgIpc) is 2.71. The highest BCUT2D eigenvalue weighted by molar-refractivity contribution is 4.87. The normalized spacial score (nSPS) is 44.8. The number of hydrogen-bond donors (Lipinski definition) is 1. The maximum Gasteiger partial charge on any atom is 0.0586 e. The zero-order valence-electron chi connectivity index (χ0n) is 11.0. The summed E-state index contributed by atoms with van der Waals surface area (Å²) in [5, 5.41) is 3.85. The third-order valence-corrected chi connectivity index (χ3v) is 4.79. The molecule has 2 fully saturated rings. The predicted octanol–water partition coefficient (Wildman–Crippen LogP) is 2.97. The van der Waals surface area contributed by atoms with Crippen LogP contribution in [0.2, 0.25) is 0 Å². The van der Waals surface area contributed by atoms with E-state index in [4.69, 9.17) is 4.74 Å². The molecular weight excluding hydrogens is 198 g/mol. The van der Waals surface area contributed by atoms with Gasteiger partial charge in [-0.2, -0.15) is 0 Å². The second-order valence-corrected chi connectivity index (χ2v) is 6.00. The van der Waals surface area contributed by atoms with Gasteiger partial charge in [0.25, 0.3) is 0 Å². The molecule has 0 aromatic rings.